The number of hydrogen-bond acceptors (Lipinski definition) is 5. The highest BCUT2D eigenvalue weighted by atomic mass is 16.3. The maximum Gasteiger partial charge on any atom is 0.275 e. The molecule has 0 unspecified atom stereocenters. The van der Waals surface area contributed by atoms with Crippen molar-refractivity contribution in [3.05, 3.63) is 28.4 Å². The lowest BCUT2D eigenvalue weighted by atomic mass is 10.0. The molecule has 7 nitrogen and oxygen atoms in total. The quantitative estimate of drug-likeness (QED) is 0.445. The minimum Gasteiger partial charge on any atom is -0.389 e. The third-order valence-electron chi connectivity index (χ3n) is 3.48. The molecule has 0 amide bonds. The molecule has 3 heterocycles. The molecule has 0 saturated carbocycles. The molecule has 0 aromatic carbocycles. The van der Waals surface area contributed by atoms with Crippen molar-refractivity contribution in [3.8, 4) is 0 Å². The SMILES string of the molecule is C[C@H]1N[C@@H](c2c[nH]c3c(=O)[nH]cnc23)[C@@H](O)[C@H]1O. The van der Waals surface area contributed by atoms with Gasteiger partial charge in [0.25, 0.3) is 5.56 Å². The lowest BCUT2D eigenvalue weighted by molar-refractivity contribution is 0.0303. The van der Waals surface area contributed by atoms with Crippen LogP contribution in [0.5, 0.6) is 0 Å². The first-order valence-corrected chi connectivity index (χ1v) is 5.76. The average molecular weight is 250 g/mol. The average Bonchev–Trinajstić information content (AvgIpc) is 2.88. The van der Waals surface area contributed by atoms with E-state index in [0.29, 0.717) is 16.6 Å². The molecule has 0 aliphatic carbocycles. The summed E-state index contributed by atoms with van der Waals surface area (Å²) in [7, 11) is 0. The standard InChI is InChI=1S/C11H14N4O3/c1-4-9(16)10(17)7(15-4)5-2-12-8-6(5)13-3-14-11(8)18/h2-4,7,9-10,12,15-17H,1H3,(H,13,14,18)/t4-,7+,9+,10-/m1/s1. The van der Waals surface area contributed by atoms with Crippen LogP contribution in [0.1, 0.15) is 18.5 Å². The highest BCUT2D eigenvalue weighted by molar-refractivity contribution is 5.78. The van der Waals surface area contributed by atoms with Crippen LogP contribution in [-0.4, -0.2) is 43.4 Å². The van der Waals surface area contributed by atoms with E-state index in [-0.39, 0.29) is 11.6 Å². The molecular formula is C11H14N4O3. The third-order valence-corrected chi connectivity index (χ3v) is 3.48. The molecule has 96 valence electrons. The highest BCUT2D eigenvalue weighted by Crippen LogP contribution is 2.30. The van der Waals surface area contributed by atoms with Crippen LogP contribution in [0.3, 0.4) is 0 Å². The first kappa shape index (κ1) is 11.4. The van der Waals surface area contributed by atoms with Gasteiger partial charge in [-0.25, -0.2) is 4.98 Å². The molecule has 18 heavy (non-hydrogen) atoms. The van der Waals surface area contributed by atoms with Crippen LogP contribution < -0.4 is 10.9 Å². The molecule has 1 fully saturated rings. The number of nitrogens with zero attached hydrogens (tertiary/aromatic N) is 1. The minimum atomic E-state index is -0.917. The molecule has 2 aromatic heterocycles. The molecule has 2 aromatic rings. The molecule has 0 bridgehead atoms. The van der Waals surface area contributed by atoms with Crippen LogP contribution in [-0.2, 0) is 0 Å². The molecular weight excluding hydrogens is 236 g/mol. The molecule has 1 saturated heterocycles. The summed E-state index contributed by atoms with van der Waals surface area (Å²) >= 11 is 0. The van der Waals surface area contributed by atoms with Gasteiger partial charge in [-0.3, -0.25) is 4.79 Å². The largest absolute Gasteiger partial charge is 0.389 e. The summed E-state index contributed by atoms with van der Waals surface area (Å²) in [6, 6.07) is -0.644. The minimum absolute atomic E-state index is 0.211. The summed E-state index contributed by atoms with van der Waals surface area (Å²) in [6.45, 7) is 1.79. The number of aliphatic hydroxyl groups excluding tert-OH is 2. The van der Waals surface area contributed by atoms with E-state index in [1.807, 2.05) is 0 Å². The van der Waals surface area contributed by atoms with Gasteiger partial charge < -0.3 is 25.5 Å². The van der Waals surface area contributed by atoms with Gasteiger partial charge in [-0.1, -0.05) is 0 Å². The molecule has 1 aliphatic rings. The van der Waals surface area contributed by atoms with Crippen molar-refractivity contribution in [1.29, 1.82) is 0 Å². The molecule has 0 spiro atoms. The maximum absolute atomic E-state index is 11.6. The Morgan fingerprint density at radius 2 is 2.06 bits per heavy atom. The fourth-order valence-corrected chi connectivity index (χ4v) is 2.45. The van der Waals surface area contributed by atoms with E-state index in [1.54, 1.807) is 13.1 Å². The van der Waals surface area contributed by atoms with E-state index >= 15 is 0 Å². The summed E-state index contributed by atoms with van der Waals surface area (Å²) in [5, 5.41) is 22.8. The van der Waals surface area contributed by atoms with Crippen molar-refractivity contribution in [2.45, 2.75) is 31.2 Å². The topological polar surface area (TPSA) is 114 Å². The van der Waals surface area contributed by atoms with Crippen LogP contribution in [0, 0.1) is 0 Å². The van der Waals surface area contributed by atoms with Crippen molar-refractivity contribution in [2.75, 3.05) is 0 Å². The Balaban J connectivity index is 2.11. The summed E-state index contributed by atoms with van der Waals surface area (Å²) < 4.78 is 0. The number of hydrogen-bond donors (Lipinski definition) is 5. The third kappa shape index (κ3) is 1.48. The highest BCUT2D eigenvalue weighted by Gasteiger charge is 2.40. The fourth-order valence-electron chi connectivity index (χ4n) is 2.45. The van der Waals surface area contributed by atoms with E-state index in [2.05, 4.69) is 20.3 Å². The van der Waals surface area contributed by atoms with Crippen molar-refractivity contribution in [2.24, 2.45) is 0 Å². The van der Waals surface area contributed by atoms with Crippen LogP contribution in [0.2, 0.25) is 0 Å². The van der Waals surface area contributed by atoms with E-state index in [9.17, 15) is 15.0 Å². The van der Waals surface area contributed by atoms with E-state index in [0.717, 1.165) is 0 Å². The second-order valence-electron chi connectivity index (χ2n) is 4.61. The molecule has 0 radical (unpaired) electrons. The van der Waals surface area contributed by atoms with Crippen LogP contribution >= 0.6 is 0 Å². The molecule has 7 heteroatoms. The number of aliphatic hydroxyl groups is 2. The van der Waals surface area contributed by atoms with E-state index < -0.39 is 18.2 Å². The number of aromatic amines is 2. The van der Waals surface area contributed by atoms with Crippen molar-refractivity contribution < 1.29 is 10.2 Å². The fraction of sp³-hybridized carbons (Fsp3) is 0.455. The molecule has 5 N–H and O–H groups in total. The second kappa shape index (κ2) is 3.91. The Bertz CT molecular complexity index is 634. The van der Waals surface area contributed by atoms with Crippen molar-refractivity contribution in [1.82, 2.24) is 20.3 Å². The normalized spacial score (nSPS) is 32.2. The van der Waals surface area contributed by atoms with Gasteiger partial charge >= 0.3 is 0 Å². The first-order chi connectivity index (χ1) is 8.59. The van der Waals surface area contributed by atoms with Gasteiger partial charge in [0, 0.05) is 17.8 Å². The Hall–Kier alpha value is -1.70. The van der Waals surface area contributed by atoms with Gasteiger partial charge in [0.2, 0.25) is 0 Å². The number of fused-ring (bicyclic) bond motifs is 1. The summed E-state index contributed by atoms with van der Waals surface area (Å²) in [5.74, 6) is 0. The van der Waals surface area contributed by atoms with E-state index in [1.165, 1.54) is 6.33 Å². The smallest absolute Gasteiger partial charge is 0.275 e. The van der Waals surface area contributed by atoms with Crippen molar-refractivity contribution in [3.63, 3.8) is 0 Å². The number of aromatic nitrogens is 3. The Morgan fingerprint density at radius 1 is 1.28 bits per heavy atom. The Labute approximate surface area is 102 Å². The van der Waals surface area contributed by atoms with Gasteiger partial charge in [-0.15, -0.1) is 0 Å². The molecule has 3 rings (SSSR count). The van der Waals surface area contributed by atoms with Gasteiger partial charge in [0.15, 0.2) is 0 Å². The summed E-state index contributed by atoms with van der Waals surface area (Å²) in [4.78, 5) is 21.0. The maximum atomic E-state index is 11.6. The predicted molar refractivity (Wildman–Crippen MR) is 64.1 cm³/mol. The van der Waals surface area contributed by atoms with Gasteiger partial charge in [-0.05, 0) is 6.92 Å². The number of H-pyrrole nitrogens is 2. The number of rotatable bonds is 1. The zero-order valence-corrected chi connectivity index (χ0v) is 9.71. The van der Waals surface area contributed by atoms with Crippen molar-refractivity contribution >= 4 is 11.0 Å². The number of nitrogens with one attached hydrogen (secondary N) is 3. The van der Waals surface area contributed by atoms with Gasteiger partial charge in [0.1, 0.15) is 17.1 Å². The summed E-state index contributed by atoms with van der Waals surface area (Å²) in [5.41, 5.74) is 1.31. The second-order valence-corrected chi connectivity index (χ2v) is 4.61. The summed E-state index contributed by atoms with van der Waals surface area (Å²) in [6.07, 6.45) is 1.21. The zero-order valence-electron chi connectivity index (χ0n) is 9.71. The van der Waals surface area contributed by atoms with Crippen LogP contribution in [0.4, 0.5) is 0 Å². The zero-order chi connectivity index (χ0) is 12.9. The van der Waals surface area contributed by atoms with E-state index in [4.69, 9.17) is 0 Å². The first-order valence-electron chi connectivity index (χ1n) is 5.76. The molecule has 1 aliphatic heterocycles. The molecule has 4 atom stereocenters. The Morgan fingerprint density at radius 3 is 2.72 bits per heavy atom. The lowest BCUT2D eigenvalue weighted by Crippen LogP contribution is -2.29. The Kier molecular flexibility index (Phi) is 2.47. The monoisotopic (exact) mass is 250 g/mol. The van der Waals surface area contributed by atoms with Gasteiger partial charge in [-0.2, -0.15) is 0 Å². The van der Waals surface area contributed by atoms with Crippen LogP contribution in [0.15, 0.2) is 17.3 Å². The van der Waals surface area contributed by atoms with Crippen LogP contribution in [0.25, 0.3) is 11.0 Å². The lowest BCUT2D eigenvalue weighted by Gasteiger charge is -2.14. The van der Waals surface area contributed by atoms with Gasteiger partial charge in [0.05, 0.1) is 18.5 Å². The predicted octanol–water partition coefficient (Wildman–Crippen LogP) is -0.994.